The third-order valence-corrected chi connectivity index (χ3v) is 5.09. The Morgan fingerprint density at radius 1 is 1.32 bits per heavy atom. The van der Waals surface area contributed by atoms with Crippen LogP contribution in [0.2, 0.25) is 0 Å². The maximum absolute atomic E-state index is 14.1. The van der Waals surface area contributed by atoms with Gasteiger partial charge in [0.2, 0.25) is 0 Å². The monoisotopic (exact) mass is 383 g/mol. The highest BCUT2D eigenvalue weighted by molar-refractivity contribution is 5.94. The summed E-state index contributed by atoms with van der Waals surface area (Å²) < 4.78 is 21.9. The number of amides is 1. The number of fused-ring (bicyclic) bond motifs is 1. The average Bonchev–Trinajstić information content (AvgIpc) is 3.31. The number of aromatic nitrogens is 2. The smallest absolute Gasteiger partial charge is 0.253 e. The predicted molar refractivity (Wildman–Crippen MR) is 102 cm³/mol. The quantitative estimate of drug-likeness (QED) is 0.736. The number of benzene rings is 1. The fourth-order valence-corrected chi connectivity index (χ4v) is 3.45. The van der Waals surface area contributed by atoms with E-state index in [1.807, 2.05) is 35.9 Å². The van der Waals surface area contributed by atoms with Crippen LogP contribution < -0.4 is 4.74 Å². The van der Waals surface area contributed by atoms with Gasteiger partial charge in [-0.1, -0.05) is 6.07 Å². The van der Waals surface area contributed by atoms with Gasteiger partial charge in [-0.05, 0) is 42.8 Å². The molecule has 3 heterocycles. The van der Waals surface area contributed by atoms with Crippen LogP contribution in [0.15, 0.2) is 48.8 Å². The molecule has 0 saturated carbocycles. The number of alkyl halides is 1. The van der Waals surface area contributed by atoms with E-state index in [4.69, 9.17) is 9.84 Å². The van der Waals surface area contributed by atoms with E-state index in [-0.39, 0.29) is 18.9 Å². The highest BCUT2D eigenvalue weighted by Crippen LogP contribution is 2.26. The van der Waals surface area contributed by atoms with Crippen LogP contribution in [0.25, 0.3) is 5.65 Å². The molecule has 0 bridgehead atoms. The molecule has 1 aromatic carbocycles. The Morgan fingerprint density at radius 2 is 2.11 bits per heavy atom. The molecule has 3 aromatic rings. The number of rotatable bonds is 5. The number of aliphatic hydroxyl groups excluding tert-OH is 1. The third-order valence-electron chi connectivity index (χ3n) is 5.09. The van der Waals surface area contributed by atoms with Crippen LogP contribution in [0, 0.1) is 6.92 Å². The molecule has 4 rings (SSSR count). The Morgan fingerprint density at radius 3 is 2.79 bits per heavy atom. The topological polar surface area (TPSA) is 67.1 Å². The molecule has 1 aliphatic heterocycles. The number of halogens is 1. The molecule has 28 heavy (non-hydrogen) atoms. The summed E-state index contributed by atoms with van der Waals surface area (Å²) in [5.74, 6) is 0.386. The first kappa shape index (κ1) is 18.4. The van der Waals surface area contributed by atoms with Gasteiger partial charge in [0.05, 0.1) is 18.8 Å². The molecule has 1 fully saturated rings. The second kappa shape index (κ2) is 7.24. The van der Waals surface area contributed by atoms with Crippen LogP contribution >= 0.6 is 0 Å². The zero-order valence-electron chi connectivity index (χ0n) is 15.6. The van der Waals surface area contributed by atoms with Gasteiger partial charge in [-0.15, -0.1) is 0 Å². The molecule has 2 aromatic heterocycles. The summed E-state index contributed by atoms with van der Waals surface area (Å²) in [6.45, 7) is 2.00. The second-order valence-corrected chi connectivity index (χ2v) is 7.25. The molecule has 6 nitrogen and oxygen atoms in total. The Labute approximate surface area is 162 Å². The van der Waals surface area contributed by atoms with Crippen molar-refractivity contribution in [1.82, 2.24) is 14.3 Å². The number of aryl methyl sites for hydroxylation is 1. The lowest BCUT2D eigenvalue weighted by Crippen LogP contribution is -2.35. The minimum atomic E-state index is -1.69. The van der Waals surface area contributed by atoms with Crippen LogP contribution in [0.1, 0.15) is 28.0 Å². The largest absolute Gasteiger partial charge is 0.487 e. The zero-order chi connectivity index (χ0) is 19.7. The van der Waals surface area contributed by atoms with Crippen molar-refractivity contribution in [3.63, 3.8) is 0 Å². The van der Waals surface area contributed by atoms with Gasteiger partial charge < -0.3 is 19.1 Å². The number of imidazole rings is 1. The van der Waals surface area contributed by atoms with Crippen LogP contribution in [0.3, 0.4) is 0 Å². The molecule has 7 heteroatoms. The number of carbonyl (C=O) groups is 1. The first-order valence-electron chi connectivity index (χ1n) is 9.23. The molecular formula is C21H22FN3O3. The maximum atomic E-state index is 14.1. The molecule has 146 valence electrons. The van der Waals surface area contributed by atoms with Gasteiger partial charge >= 0.3 is 0 Å². The molecule has 1 aliphatic rings. The average molecular weight is 383 g/mol. The van der Waals surface area contributed by atoms with Crippen molar-refractivity contribution in [3.8, 4) is 5.75 Å². The standard InChI is InChI=1S/C21H22FN3O3/c1-15-3-2-9-24-11-17(23-19(15)24)12-28-18-6-4-16(5-7-18)20(27)25-10-8-21(22,13-25)14-26/h2-7,9,11,26H,8,10,12-14H2,1H3. The summed E-state index contributed by atoms with van der Waals surface area (Å²) in [4.78, 5) is 18.5. The Hall–Kier alpha value is -2.93. The molecular weight excluding hydrogens is 361 g/mol. The Balaban J connectivity index is 1.39. The summed E-state index contributed by atoms with van der Waals surface area (Å²) in [6, 6.07) is 10.8. The van der Waals surface area contributed by atoms with Gasteiger partial charge in [0.15, 0.2) is 5.67 Å². The van der Waals surface area contributed by atoms with Crippen molar-refractivity contribution in [3.05, 3.63) is 65.6 Å². The summed E-state index contributed by atoms with van der Waals surface area (Å²) in [7, 11) is 0. The zero-order valence-corrected chi connectivity index (χ0v) is 15.6. The molecule has 1 amide bonds. The third kappa shape index (κ3) is 3.57. The number of aliphatic hydroxyl groups is 1. The number of pyridine rings is 1. The lowest BCUT2D eigenvalue weighted by molar-refractivity contribution is 0.0631. The minimum Gasteiger partial charge on any atom is -0.487 e. The fourth-order valence-electron chi connectivity index (χ4n) is 3.45. The van der Waals surface area contributed by atoms with Gasteiger partial charge in [-0.3, -0.25) is 4.79 Å². The fraction of sp³-hybridized carbons (Fsp3) is 0.333. The van der Waals surface area contributed by atoms with E-state index in [0.717, 1.165) is 16.9 Å². The van der Waals surface area contributed by atoms with Crippen LogP contribution in [0.5, 0.6) is 5.75 Å². The summed E-state index contributed by atoms with van der Waals surface area (Å²) in [5.41, 5.74) is 1.59. The number of hydrogen-bond acceptors (Lipinski definition) is 4. The van der Waals surface area contributed by atoms with Crippen LogP contribution in [-0.2, 0) is 6.61 Å². The Bertz CT molecular complexity index is 1000. The van der Waals surface area contributed by atoms with Gasteiger partial charge in [-0.25, -0.2) is 9.37 Å². The highest BCUT2D eigenvalue weighted by atomic mass is 19.1. The minimum absolute atomic E-state index is 0.0755. The van der Waals surface area contributed by atoms with Crippen molar-refractivity contribution < 1.29 is 19.0 Å². The van der Waals surface area contributed by atoms with Gasteiger partial charge in [0, 0.05) is 30.9 Å². The van der Waals surface area contributed by atoms with E-state index >= 15 is 0 Å². The highest BCUT2D eigenvalue weighted by Gasteiger charge is 2.39. The number of ether oxygens (including phenoxy) is 1. The molecule has 0 aliphatic carbocycles. The summed E-state index contributed by atoms with van der Waals surface area (Å²) >= 11 is 0. The first-order chi connectivity index (χ1) is 13.5. The summed E-state index contributed by atoms with van der Waals surface area (Å²) in [5, 5.41) is 9.11. The molecule has 0 radical (unpaired) electrons. The lowest BCUT2D eigenvalue weighted by Gasteiger charge is -2.19. The SMILES string of the molecule is Cc1cccn2cc(COc3ccc(C(=O)N4CCC(F)(CO)C4)cc3)nc12. The van der Waals surface area contributed by atoms with Crippen molar-refractivity contribution in [1.29, 1.82) is 0 Å². The maximum Gasteiger partial charge on any atom is 0.253 e. The number of likely N-dealkylation sites (tertiary alicyclic amines) is 1. The molecule has 0 spiro atoms. The van der Waals surface area contributed by atoms with E-state index in [2.05, 4.69) is 4.98 Å². The van der Waals surface area contributed by atoms with Crippen molar-refractivity contribution in [2.75, 3.05) is 19.7 Å². The predicted octanol–water partition coefficient (Wildman–Crippen LogP) is 2.77. The number of nitrogens with zero attached hydrogens (tertiary/aromatic N) is 3. The van der Waals surface area contributed by atoms with Crippen LogP contribution in [0.4, 0.5) is 4.39 Å². The number of carbonyl (C=O) groups excluding carboxylic acids is 1. The van der Waals surface area contributed by atoms with E-state index < -0.39 is 12.3 Å². The number of hydrogen-bond donors (Lipinski definition) is 1. The van der Waals surface area contributed by atoms with E-state index in [9.17, 15) is 9.18 Å². The molecule has 1 saturated heterocycles. The second-order valence-electron chi connectivity index (χ2n) is 7.25. The molecule has 1 unspecified atom stereocenters. The van der Waals surface area contributed by atoms with E-state index in [0.29, 0.717) is 24.5 Å². The van der Waals surface area contributed by atoms with Crippen LogP contribution in [-0.4, -0.2) is 50.7 Å². The first-order valence-corrected chi connectivity index (χ1v) is 9.23. The van der Waals surface area contributed by atoms with Gasteiger partial charge in [0.1, 0.15) is 18.0 Å². The van der Waals surface area contributed by atoms with Crippen molar-refractivity contribution >= 4 is 11.6 Å². The van der Waals surface area contributed by atoms with Crippen molar-refractivity contribution in [2.24, 2.45) is 0 Å². The normalized spacial score (nSPS) is 19.3. The molecule has 1 atom stereocenters. The van der Waals surface area contributed by atoms with Crippen molar-refractivity contribution in [2.45, 2.75) is 25.6 Å². The molecule has 1 N–H and O–H groups in total. The Kier molecular flexibility index (Phi) is 4.77. The summed E-state index contributed by atoms with van der Waals surface area (Å²) in [6.07, 6.45) is 4.04. The lowest BCUT2D eigenvalue weighted by atomic mass is 10.1. The van der Waals surface area contributed by atoms with E-state index in [1.54, 1.807) is 24.3 Å². The van der Waals surface area contributed by atoms with E-state index in [1.165, 1.54) is 4.90 Å². The van der Waals surface area contributed by atoms with Gasteiger partial charge in [0.25, 0.3) is 5.91 Å². The van der Waals surface area contributed by atoms with Gasteiger partial charge in [-0.2, -0.15) is 0 Å².